The summed E-state index contributed by atoms with van der Waals surface area (Å²) >= 11 is 0. The number of carbonyl (C=O) groups excluding carboxylic acids is 1. The number of nitrogens with one attached hydrogen (secondary N) is 1. The molecule has 0 radical (unpaired) electrons. The Balaban J connectivity index is 1.81. The minimum Gasteiger partial charge on any atom is -0.351 e. The van der Waals surface area contributed by atoms with Gasteiger partial charge in [-0.25, -0.2) is 8.42 Å². The van der Waals surface area contributed by atoms with Crippen molar-refractivity contribution in [2.75, 3.05) is 19.4 Å². The highest BCUT2D eigenvalue weighted by Gasteiger charge is 2.23. The lowest BCUT2D eigenvalue weighted by atomic mass is 9.95. The summed E-state index contributed by atoms with van der Waals surface area (Å²) in [6.45, 7) is 0.128. The van der Waals surface area contributed by atoms with Crippen molar-refractivity contribution in [1.82, 2.24) is 15.1 Å². The topological polar surface area (TPSA) is 133 Å². The number of amides is 1. The van der Waals surface area contributed by atoms with E-state index in [2.05, 4.69) is 15.3 Å². The maximum Gasteiger partial charge on any atom is 0.294 e. The maximum atomic E-state index is 12.6. The smallest absolute Gasteiger partial charge is 0.294 e. The van der Waals surface area contributed by atoms with E-state index >= 15 is 0 Å². The van der Waals surface area contributed by atoms with Crippen LogP contribution < -0.4 is 5.32 Å². The van der Waals surface area contributed by atoms with Gasteiger partial charge >= 0.3 is 0 Å². The van der Waals surface area contributed by atoms with Gasteiger partial charge in [0.2, 0.25) is 0 Å². The zero-order chi connectivity index (χ0) is 22.4. The van der Waals surface area contributed by atoms with Crippen LogP contribution in [0.2, 0.25) is 0 Å². The van der Waals surface area contributed by atoms with Crippen molar-refractivity contribution < 1.29 is 23.1 Å². The molecule has 1 aliphatic carbocycles. The summed E-state index contributed by atoms with van der Waals surface area (Å²) < 4.78 is 25.4. The van der Waals surface area contributed by atoms with Crippen LogP contribution in [0.5, 0.6) is 0 Å². The summed E-state index contributed by atoms with van der Waals surface area (Å²) in [4.78, 5) is 27.2. The normalized spacial score (nSPS) is 14.9. The van der Waals surface area contributed by atoms with Gasteiger partial charge in [0.1, 0.15) is 0 Å². The maximum absolute atomic E-state index is 12.6. The summed E-state index contributed by atoms with van der Waals surface area (Å²) in [6.07, 6.45) is 6.76. The highest BCUT2D eigenvalue weighted by Crippen LogP contribution is 2.33. The number of sulfone groups is 1. The molecule has 11 heteroatoms. The minimum absolute atomic E-state index is 0.0955. The van der Waals surface area contributed by atoms with E-state index in [0.717, 1.165) is 43.2 Å². The molecular weight excluding hydrogens is 424 g/mol. The zero-order valence-corrected chi connectivity index (χ0v) is 18.1. The van der Waals surface area contributed by atoms with E-state index in [1.54, 1.807) is 30.3 Å². The SMILES string of the molecule is CS(=O)(=O)c1ccc(-c2cc(C(=O)NCCCO[N+](=O)[O-])nn2C2CCCCC2)cc1. The predicted octanol–water partition coefficient (Wildman–Crippen LogP) is 2.79. The average Bonchev–Trinajstić information content (AvgIpc) is 3.19. The lowest BCUT2D eigenvalue weighted by molar-refractivity contribution is -0.757. The molecule has 3 rings (SSSR count). The second-order valence-corrected chi connectivity index (χ2v) is 9.63. The first-order valence-electron chi connectivity index (χ1n) is 10.2. The van der Waals surface area contributed by atoms with E-state index in [9.17, 15) is 23.3 Å². The van der Waals surface area contributed by atoms with E-state index in [0.29, 0.717) is 6.42 Å². The Labute approximate surface area is 180 Å². The van der Waals surface area contributed by atoms with Gasteiger partial charge in [0, 0.05) is 12.8 Å². The van der Waals surface area contributed by atoms with E-state index in [1.807, 2.05) is 4.68 Å². The van der Waals surface area contributed by atoms with Crippen molar-refractivity contribution >= 4 is 15.7 Å². The van der Waals surface area contributed by atoms with E-state index in [1.165, 1.54) is 6.42 Å². The van der Waals surface area contributed by atoms with Crippen LogP contribution in [0.1, 0.15) is 55.1 Å². The van der Waals surface area contributed by atoms with Gasteiger partial charge in [0.15, 0.2) is 15.5 Å². The molecule has 0 spiro atoms. The molecule has 0 aliphatic heterocycles. The Morgan fingerprint density at radius 2 is 1.94 bits per heavy atom. The number of hydrogen-bond donors (Lipinski definition) is 1. The average molecular weight is 451 g/mol. The van der Waals surface area contributed by atoms with Crippen LogP contribution in [0, 0.1) is 10.1 Å². The van der Waals surface area contributed by atoms with Crippen molar-refractivity contribution in [3.8, 4) is 11.3 Å². The van der Waals surface area contributed by atoms with Crippen LogP contribution >= 0.6 is 0 Å². The lowest BCUT2D eigenvalue weighted by Crippen LogP contribution is -2.26. The number of aromatic nitrogens is 2. The van der Waals surface area contributed by atoms with Crippen LogP contribution in [0.25, 0.3) is 11.3 Å². The molecule has 1 saturated carbocycles. The van der Waals surface area contributed by atoms with Crippen molar-refractivity contribution in [2.24, 2.45) is 0 Å². The van der Waals surface area contributed by atoms with E-state index in [-0.39, 0.29) is 35.7 Å². The van der Waals surface area contributed by atoms with Crippen LogP contribution in [0.4, 0.5) is 0 Å². The third kappa shape index (κ3) is 6.03. The molecule has 31 heavy (non-hydrogen) atoms. The van der Waals surface area contributed by atoms with Crippen LogP contribution in [0.3, 0.4) is 0 Å². The summed E-state index contributed by atoms with van der Waals surface area (Å²) in [5.74, 6) is -0.371. The Hall–Kier alpha value is -2.95. The quantitative estimate of drug-likeness (QED) is 0.353. The molecule has 1 aromatic carbocycles. The molecule has 2 aromatic rings. The Kier molecular flexibility index (Phi) is 7.26. The number of hydrogen-bond acceptors (Lipinski definition) is 7. The third-order valence-corrected chi connectivity index (χ3v) is 6.40. The van der Waals surface area contributed by atoms with Crippen LogP contribution in [-0.2, 0) is 14.7 Å². The third-order valence-electron chi connectivity index (χ3n) is 5.27. The first-order chi connectivity index (χ1) is 14.8. The van der Waals surface area contributed by atoms with Gasteiger partial charge in [-0.2, -0.15) is 5.10 Å². The molecule has 1 N–H and O–H groups in total. The Bertz CT molecular complexity index is 1030. The van der Waals surface area contributed by atoms with Gasteiger partial charge in [-0.15, -0.1) is 10.1 Å². The molecule has 168 valence electrons. The van der Waals surface area contributed by atoms with Crippen molar-refractivity contribution in [3.63, 3.8) is 0 Å². The van der Waals surface area contributed by atoms with Crippen LogP contribution in [0.15, 0.2) is 35.2 Å². The molecule has 1 heterocycles. The molecule has 0 bridgehead atoms. The van der Waals surface area contributed by atoms with Gasteiger partial charge < -0.3 is 10.2 Å². The van der Waals surface area contributed by atoms with Gasteiger partial charge in [0.05, 0.1) is 23.2 Å². The lowest BCUT2D eigenvalue weighted by Gasteiger charge is -2.24. The van der Waals surface area contributed by atoms with Gasteiger partial charge in [-0.05, 0) is 43.0 Å². The first-order valence-corrected chi connectivity index (χ1v) is 12.1. The summed E-state index contributed by atoms with van der Waals surface area (Å²) in [5, 5.41) is 16.6. The Morgan fingerprint density at radius 1 is 1.26 bits per heavy atom. The molecule has 0 unspecified atom stereocenters. The number of carbonyl (C=O) groups is 1. The summed E-state index contributed by atoms with van der Waals surface area (Å²) in [5.41, 5.74) is 1.79. The Morgan fingerprint density at radius 3 is 2.55 bits per heavy atom. The second kappa shape index (κ2) is 9.90. The number of rotatable bonds is 9. The van der Waals surface area contributed by atoms with Gasteiger partial charge in [-0.3, -0.25) is 9.48 Å². The predicted molar refractivity (Wildman–Crippen MR) is 113 cm³/mol. The van der Waals surface area contributed by atoms with Crippen molar-refractivity contribution in [1.29, 1.82) is 0 Å². The monoisotopic (exact) mass is 450 g/mol. The highest BCUT2D eigenvalue weighted by molar-refractivity contribution is 7.90. The zero-order valence-electron chi connectivity index (χ0n) is 17.3. The van der Waals surface area contributed by atoms with Gasteiger partial charge in [0.25, 0.3) is 11.0 Å². The molecule has 1 amide bonds. The molecule has 1 fully saturated rings. The largest absolute Gasteiger partial charge is 0.351 e. The van der Waals surface area contributed by atoms with Gasteiger partial charge in [-0.1, -0.05) is 31.4 Å². The summed E-state index contributed by atoms with van der Waals surface area (Å²) in [6, 6.07) is 8.43. The molecule has 0 atom stereocenters. The van der Waals surface area contributed by atoms with Crippen molar-refractivity contribution in [2.45, 2.75) is 49.5 Å². The molecule has 1 aromatic heterocycles. The van der Waals surface area contributed by atoms with E-state index < -0.39 is 14.9 Å². The fraction of sp³-hybridized carbons (Fsp3) is 0.500. The number of benzene rings is 1. The molecule has 10 nitrogen and oxygen atoms in total. The molecular formula is C20H26N4O6S. The minimum atomic E-state index is -3.30. The standard InChI is InChI=1S/C20H26N4O6S/c1-31(28,29)17-10-8-15(9-11-17)19-14-18(20(25)21-12-5-13-30-24(26)27)22-23(19)16-6-3-2-4-7-16/h8-11,14,16H,2-7,12-13H2,1H3,(H,21,25). The highest BCUT2D eigenvalue weighted by atomic mass is 32.2. The van der Waals surface area contributed by atoms with E-state index in [4.69, 9.17) is 0 Å². The van der Waals surface area contributed by atoms with Crippen LogP contribution in [-0.4, -0.2) is 48.6 Å². The first kappa shape index (κ1) is 22.7. The second-order valence-electron chi connectivity index (χ2n) is 7.61. The molecule has 1 aliphatic rings. The summed E-state index contributed by atoms with van der Waals surface area (Å²) in [7, 11) is -3.30. The van der Waals surface area contributed by atoms with Crippen molar-refractivity contribution in [3.05, 3.63) is 46.1 Å². The number of nitrogens with zero attached hydrogens (tertiary/aromatic N) is 3. The fourth-order valence-corrected chi connectivity index (χ4v) is 4.33. The molecule has 0 saturated heterocycles. The fourth-order valence-electron chi connectivity index (χ4n) is 3.70.